The molecule has 13 heavy (non-hydrogen) atoms. The Balaban J connectivity index is 3.04. The molecule has 0 saturated heterocycles. The Bertz CT molecular complexity index is 352. The lowest BCUT2D eigenvalue weighted by molar-refractivity contribution is -0.383. The molecule has 1 aromatic rings. The minimum absolute atomic E-state index is 0.0972. The van der Waals surface area contributed by atoms with E-state index in [1.165, 1.54) is 18.2 Å². The largest absolute Gasteiger partial charge is 0.489 e. The lowest BCUT2D eigenvalue weighted by atomic mass is 9.70. The van der Waals surface area contributed by atoms with Gasteiger partial charge in [-0.25, -0.2) is 0 Å². The zero-order valence-electron chi connectivity index (χ0n) is 6.51. The molecule has 0 amide bonds. The summed E-state index contributed by atoms with van der Waals surface area (Å²) in [7, 11) is 0.804. The van der Waals surface area contributed by atoms with Crippen molar-refractivity contribution in [1.29, 1.82) is 0 Å². The molecule has 1 aromatic carbocycles. The van der Waals surface area contributed by atoms with Crippen LogP contribution in [0.25, 0.3) is 0 Å². The van der Waals surface area contributed by atoms with Gasteiger partial charge >= 0.3 is 7.28 Å². The van der Waals surface area contributed by atoms with Gasteiger partial charge in [-0.2, -0.15) is 0 Å². The van der Waals surface area contributed by atoms with Gasteiger partial charge < -0.3 is 5.11 Å². The SMILES string of the molecule is O=C(O)[B]c1ccccc1[N+](=O)[O-]. The maximum absolute atomic E-state index is 10.4. The monoisotopic (exact) mass is 178 g/mol. The summed E-state index contributed by atoms with van der Waals surface area (Å²) < 4.78 is 0. The summed E-state index contributed by atoms with van der Waals surface area (Å²) in [6.07, 6.45) is 0. The summed E-state index contributed by atoms with van der Waals surface area (Å²) in [4.78, 5) is 20.0. The van der Waals surface area contributed by atoms with Gasteiger partial charge in [0.2, 0.25) is 5.87 Å². The van der Waals surface area contributed by atoms with Gasteiger partial charge in [-0.3, -0.25) is 14.9 Å². The molecule has 0 aliphatic heterocycles. The Labute approximate surface area is 74.4 Å². The normalized spacial score (nSPS) is 9.23. The third kappa shape index (κ3) is 2.29. The molecular formula is C7H5BNO4. The van der Waals surface area contributed by atoms with Crippen LogP contribution in [0, 0.1) is 10.1 Å². The van der Waals surface area contributed by atoms with E-state index < -0.39 is 10.8 Å². The van der Waals surface area contributed by atoms with E-state index in [9.17, 15) is 14.9 Å². The van der Waals surface area contributed by atoms with E-state index in [1.807, 2.05) is 0 Å². The topological polar surface area (TPSA) is 80.4 Å². The molecule has 1 N–H and O–H groups in total. The van der Waals surface area contributed by atoms with Gasteiger partial charge in [0.1, 0.15) is 0 Å². The minimum atomic E-state index is -1.20. The molecule has 0 atom stereocenters. The number of nitrogens with zero attached hydrogens (tertiary/aromatic N) is 1. The maximum atomic E-state index is 10.4. The van der Waals surface area contributed by atoms with Crippen LogP contribution in [-0.2, 0) is 0 Å². The quantitative estimate of drug-likeness (QED) is 0.417. The van der Waals surface area contributed by atoms with Crippen LogP contribution in [0.2, 0.25) is 0 Å². The summed E-state index contributed by atoms with van der Waals surface area (Å²) in [6.45, 7) is 0. The van der Waals surface area contributed by atoms with Gasteiger partial charge in [-0.05, 0) is 0 Å². The summed E-state index contributed by atoms with van der Waals surface area (Å²) in [5.74, 6) is -1.20. The van der Waals surface area contributed by atoms with Crippen molar-refractivity contribution in [1.82, 2.24) is 0 Å². The van der Waals surface area contributed by atoms with Crippen molar-refractivity contribution >= 4 is 24.3 Å². The first-order chi connectivity index (χ1) is 6.11. The third-order valence-corrected chi connectivity index (χ3v) is 1.41. The summed E-state index contributed by atoms with van der Waals surface area (Å²) >= 11 is 0. The summed E-state index contributed by atoms with van der Waals surface area (Å²) in [5, 5.41) is 18.8. The summed E-state index contributed by atoms with van der Waals surface area (Å²) in [6, 6.07) is 5.67. The van der Waals surface area contributed by atoms with Gasteiger partial charge in [0.05, 0.1) is 4.92 Å². The molecule has 5 nitrogen and oxygen atoms in total. The number of carbonyl (C=O) groups is 1. The van der Waals surface area contributed by atoms with Crippen molar-refractivity contribution in [2.24, 2.45) is 0 Å². The first-order valence-electron chi connectivity index (χ1n) is 3.42. The molecule has 0 aliphatic rings. The molecule has 0 aromatic heterocycles. The lowest BCUT2D eigenvalue weighted by Crippen LogP contribution is -2.24. The molecule has 1 rings (SSSR count). The highest BCUT2D eigenvalue weighted by Crippen LogP contribution is 2.05. The number of nitro benzene ring substituents is 1. The molecule has 1 radical (unpaired) electrons. The molecular weight excluding hydrogens is 173 g/mol. The van der Waals surface area contributed by atoms with E-state index in [4.69, 9.17) is 5.11 Å². The fraction of sp³-hybridized carbons (Fsp3) is 0. The Hall–Kier alpha value is -1.85. The van der Waals surface area contributed by atoms with Gasteiger partial charge in [0.25, 0.3) is 5.69 Å². The molecule has 0 unspecified atom stereocenters. The average molecular weight is 178 g/mol. The van der Waals surface area contributed by atoms with E-state index in [1.54, 1.807) is 6.07 Å². The highest BCUT2D eigenvalue weighted by atomic mass is 16.6. The molecule has 0 bridgehead atoms. The molecule has 0 fully saturated rings. The highest BCUT2D eigenvalue weighted by molar-refractivity contribution is 6.83. The molecule has 0 aliphatic carbocycles. The molecule has 0 spiro atoms. The first-order valence-corrected chi connectivity index (χ1v) is 3.42. The van der Waals surface area contributed by atoms with Gasteiger partial charge in [-0.1, -0.05) is 18.2 Å². The van der Waals surface area contributed by atoms with E-state index in [0.29, 0.717) is 0 Å². The van der Waals surface area contributed by atoms with Crippen LogP contribution in [-0.4, -0.2) is 23.2 Å². The van der Waals surface area contributed by atoms with E-state index in [2.05, 4.69) is 0 Å². The second-order valence-corrected chi connectivity index (χ2v) is 2.30. The number of hydrogen-bond donors (Lipinski definition) is 1. The van der Waals surface area contributed by atoms with Crippen LogP contribution < -0.4 is 5.46 Å². The number of carboxylic acid groups (broad SMARTS) is 1. The number of para-hydroxylation sites is 1. The zero-order chi connectivity index (χ0) is 9.84. The van der Waals surface area contributed by atoms with Crippen LogP contribution in [0.5, 0.6) is 0 Å². The highest BCUT2D eigenvalue weighted by Gasteiger charge is 2.16. The number of rotatable bonds is 3. The van der Waals surface area contributed by atoms with Gasteiger partial charge in [0.15, 0.2) is 0 Å². The van der Waals surface area contributed by atoms with Crippen LogP contribution in [0.3, 0.4) is 0 Å². The summed E-state index contributed by atoms with van der Waals surface area (Å²) in [5.41, 5.74) is -0.107. The van der Waals surface area contributed by atoms with E-state index in [0.717, 1.165) is 7.28 Å². The van der Waals surface area contributed by atoms with E-state index in [-0.39, 0.29) is 11.2 Å². The Morgan fingerprint density at radius 2 is 2.08 bits per heavy atom. The Morgan fingerprint density at radius 1 is 1.46 bits per heavy atom. The second-order valence-electron chi connectivity index (χ2n) is 2.30. The van der Waals surface area contributed by atoms with Crippen LogP contribution in [0.4, 0.5) is 10.5 Å². The Morgan fingerprint density at radius 3 is 2.62 bits per heavy atom. The van der Waals surface area contributed by atoms with E-state index >= 15 is 0 Å². The molecule has 0 saturated carbocycles. The maximum Gasteiger partial charge on any atom is 0.307 e. The number of hydrogen-bond acceptors (Lipinski definition) is 3. The number of nitro groups is 1. The van der Waals surface area contributed by atoms with Crippen molar-refractivity contribution < 1.29 is 14.8 Å². The molecule has 0 heterocycles. The van der Waals surface area contributed by atoms with Crippen molar-refractivity contribution in [3.63, 3.8) is 0 Å². The van der Waals surface area contributed by atoms with Crippen LogP contribution in [0.1, 0.15) is 0 Å². The van der Waals surface area contributed by atoms with Gasteiger partial charge in [-0.15, -0.1) is 0 Å². The zero-order valence-corrected chi connectivity index (χ0v) is 6.51. The standard InChI is InChI=1S/C7H5BNO4/c10-7(11)8-5-3-1-2-4-6(5)9(12)13/h1-4H,(H,10,11). The van der Waals surface area contributed by atoms with Crippen molar-refractivity contribution in [3.05, 3.63) is 34.4 Å². The van der Waals surface area contributed by atoms with Crippen LogP contribution >= 0.6 is 0 Å². The average Bonchev–Trinajstić information content (AvgIpc) is 2.03. The lowest BCUT2D eigenvalue weighted by Gasteiger charge is -1.96. The van der Waals surface area contributed by atoms with Gasteiger partial charge in [0, 0.05) is 11.5 Å². The fourth-order valence-electron chi connectivity index (χ4n) is 0.909. The Kier molecular flexibility index (Phi) is 2.64. The third-order valence-electron chi connectivity index (χ3n) is 1.41. The smallest absolute Gasteiger partial charge is 0.307 e. The van der Waals surface area contributed by atoms with Crippen LogP contribution in [0.15, 0.2) is 24.3 Å². The predicted octanol–water partition coefficient (Wildman–Crippen LogP) is 0.602. The predicted molar refractivity (Wildman–Crippen MR) is 46.5 cm³/mol. The first kappa shape index (κ1) is 9.24. The number of benzene rings is 1. The van der Waals surface area contributed by atoms with Crippen molar-refractivity contribution in [2.45, 2.75) is 0 Å². The van der Waals surface area contributed by atoms with Crippen molar-refractivity contribution in [3.8, 4) is 0 Å². The second kappa shape index (κ2) is 3.71. The molecule has 6 heteroatoms. The minimum Gasteiger partial charge on any atom is -0.489 e. The molecule has 65 valence electrons. The van der Waals surface area contributed by atoms with Crippen molar-refractivity contribution in [2.75, 3.05) is 0 Å². The fourth-order valence-corrected chi connectivity index (χ4v) is 0.909.